The van der Waals surface area contributed by atoms with Crippen molar-refractivity contribution in [2.75, 3.05) is 19.8 Å². The Morgan fingerprint density at radius 2 is 2.04 bits per heavy atom. The molecule has 0 fully saturated rings. The first kappa shape index (κ1) is 18.0. The van der Waals surface area contributed by atoms with E-state index >= 15 is 0 Å². The molecule has 1 aliphatic carbocycles. The van der Waals surface area contributed by atoms with Crippen molar-refractivity contribution in [3.63, 3.8) is 0 Å². The number of carbonyl (C=O) groups excluding carboxylic acids is 1. The van der Waals surface area contributed by atoms with Crippen molar-refractivity contribution in [3.8, 4) is 5.00 Å². The third-order valence-corrected chi connectivity index (χ3v) is 5.83. The smallest absolute Gasteiger partial charge is 0.315 e. The fourth-order valence-electron chi connectivity index (χ4n) is 3.23. The lowest BCUT2D eigenvalue weighted by atomic mass is 9.95. The molecule has 136 valence electrons. The van der Waals surface area contributed by atoms with Gasteiger partial charge >= 0.3 is 6.03 Å². The average molecular weight is 362 g/mol. The molecule has 5 nitrogen and oxygen atoms in total. The lowest BCUT2D eigenvalue weighted by molar-refractivity contribution is 0.145. The van der Waals surface area contributed by atoms with E-state index in [9.17, 15) is 4.79 Å². The molecule has 0 spiro atoms. The molecule has 2 aromatic rings. The Labute approximate surface area is 153 Å². The number of rotatable bonds is 8. The monoisotopic (exact) mass is 361 g/mol. The van der Waals surface area contributed by atoms with Gasteiger partial charge in [0.1, 0.15) is 5.00 Å². The maximum absolute atomic E-state index is 12.1. The summed E-state index contributed by atoms with van der Waals surface area (Å²) < 4.78 is 7.45. The molecule has 3 rings (SSSR count). The van der Waals surface area contributed by atoms with Crippen LogP contribution in [-0.2, 0) is 24.1 Å². The molecule has 1 aliphatic rings. The standard InChI is InChI=1S/C19H27N3O2S/c1-2-24-13-7-10-20-19(23)21-14-16-15-8-3-4-9-17(15)25-18(16)22-11-5-6-12-22/h5-6,11-12H,2-4,7-10,13-14H2,1H3,(H2,20,21,23). The second kappa shape index (κ2) is 9.06. The third-order valence-electron chi connectivity index (χ3n) is 4.48. The number of amides is 2. The summed E-state index contributed by atoms with van der Waals surface area (Å²) in [5, 5.41) is 7.18. The van der Waals surface area contributed by atoms with Gasteiger partial charge in [0.25, 0.3) is 0 Å². The number of aromatic nitrogens is 1. The first-order chi connectivity index (χ1) is 12.3. The van der Waals surface area contributed by atoms with Crippen LogP contribution in [0.25, 0.3) is 5.00 Å². The first-order valence-corrected chi connectivity index (χ1v) is 9.97. The summed E-state index contributed by atoms with van der Waals surface area (Å²) in [6.07, 6.45) is 9.79. The Balaban J connectivity index is 1.61. The maximum Gasteiger partial charge on any atom is 0.315 e. The number of aryl methyl sites for hydroxylation is 1. The number of nitrogens with zero attached hydrogens (tertiary/aromatic N) is 1. The molecule has 0 saturated carbocycles. The lowest BCUT2D eigenvalue weighted by Gasteiger charge is -2.14. The SMILES string of the molecule is CCOCCCNC(=O)NCc1c(-n2cccc2)sc2c1CCCC2. The predicted octanol–water partition coefficient (Wildman–Crippen LogP) is 3.64. The van der Waals surface area contributed by atoms with Crippen molar-refractivity contribution in [1.82, 2.24) is 15.2 Å². The molecular weight excluding hydrogens is 334 g/mol. The second-order valence-corrected chi connectivity index (χ2v) is 7.33. The largest absolute Gasteiger partial charge is 0.382 e. The highest BCUT2D eigenvalue weighted by atomic mass is 32.1. The summed E-state index contributed by atoms with van der Waals surface area (Å²) >= 11 is 1.87. The number of fused-ring (bicyclic) bond motifs is 1. The number of nitrogens with one attached hydrogen (secondary N) is 2. The number of urea groups is 1. The minimum absolute atomic E-state index is 0.106. The second-order valence-electron chi connectivity index (χ2n) is 6.24. The van der Waals surface area contributed by atoms with E-state index in [1.54, 1.807) is 0 Å². The van der Waals surface area contributed by atoms with Crippen molar-refractivity contribution in [2.45, 2.75) is 45.6 Å². The van der Waals surface area contributed by atoms with Crippen LogP contribution in [0.2, 0.25) is 0 Å². The van der Waals surface area contributed by atoms with Gasteiger partial charge in [0.05, 0.1) is 0 Å². The van der Waals surface area contributed by atoms with Crippen LogP contribution in [0.15, 0.2) is 24.5 Å². The molecule has 25 heavy (non-hydrogen) atoms. The molecule has 0 bridgehead atoms. The number of carbonyl (C=O) groups is 1. The Kier molecular flexibility index (Phi) is 6.53. The molecule has 6 heteroatoms. The zero-order valence-corrected chi connectivity index (χ0v) is 15.7. The fraction of sp³-hybridized carbons (Fsp3) is 0.526. The van der Waals surface area contributed by atoms with Crippen molar-refractivity contribution in [3.05, 3.63) is 40.5 Å². The first-order valence-electron chi connectivity index (χ1n) is 9.15. The van der Waals surface area contributed by atoms with Gasteiger partial charge in [0, 0.05) is 49.1 Å². The van der Waals surface area contributed by atoms with E-state index in [2.05, 4.69) is 27.6 Å². The van der Waals surface area contributed by atoms with Crippen LogP contribution in [-0.4, -0.2) is 30.4 Å². The van der Waals surface area contributed by atoms with Crippen LogP contribution >= 0.6 is 11.3 Å². The summed E-state index contributed by atoms with van der Waals surface area (Å²) in [5.41, 5.74) is 2.73. The molecule has 0 atom stereocenters. The molecule has 2 heterocycles. The van der Waals surface area contributed by atoms with Crippen molar-refractivity contribution < 1.29 is 9.53 Å². The van der Waals surface area contributed by atoms with E-state index in [1.165, 1.54) is 33.8 Å². The van der Waals surface area contributed by atoms with E-state index in [1.807, 2.05) is 30.4 Å². The van der Waals surface area contributed by atoms with Gasteiger partial charge in [0.15, 0.2) is 0 Å². The number of thiophene rings is 1. The van der Waals surface area contributed by atoms with E-state index in [4.69, 9.17) is 4.74 Å². The lowest BCUT2D eigenvalue weighted by Crippen LogP contribution is -2.36. The number of ether oxygens (including phenoxy) is 1. The van der Waals surface area contributed by atoms with Gasteiger partial charge in [-0.3, -0.25) is 0 Å². The van der Waals surface area contributed by atoms with Gasteiger partial charge in [-0.05, 0) is 56.7 Å². The van der Waals surface area contributed by atoms with Crippen molar-refractivity contribution >= 4 is 17.4 Å². The molecule has 0 saturated heterocycles. The van der Waals surface area contributed by atoms with Gasteiger partial charge in [-0.25, -0.2) is 4.79 Å². The van der Waals surface area contributed by atoms with E-state index < -0.39 is 0 Å². The fourth-order valence-corrected chi connectivity index (χ4v) is 4.60. The zero-order valence-electron chi connectivity index (χ0n) is 14.8. The molecule has 0 aromatic carbocycles. The van der Waals surface area contributed by atoms with Crippen LogP contribution in [0.4, 0.5) is 4.79 Å². The molecule has 2 N–H and O–H groups in total. The highest BCUT2D eigenvalue weighted by Gasteiger charge is 2.21. The Hall–Kier alpha value is -1.79. The molecule has 0 unspecified atom stereocenters. The minimum atomic E-state index is -0.106. The third kappa shape index (κ3) is 4.64. The average Bonchev–Trinajstić information content (AvgIpc) is 3.27. The Bertz CT molecular complexity index is 679. The van der Waals surface area contributed by atoms with Crippen LogP contribution in [0.5, 0.6) is 0 Å². The van der Waals surface area contributed by atoms with Crippen LogP contribution in [0.3, 0.4) is 0 Å². The molecule has 2 amide bonds. The van der Waals surface area contributed by atoms with Crippen LogP contribution in [0, 0.1) is 0 Å². The quantitative estimate of drug-likeness (QED) is 0.705. The molecular formula is C19H27N3O2S. The molecule has 0 aliphatic heterocycles. The number of hydrogen-bond acceptors (Lipinski definition) is 3. The zero-order chi connectivity index (χ0) is 17.5. The summed E-state index contributed by atoms with van der Waals surface area (Å²) in [4.78, 5) is 13.6. The Morgan fingerprint density at radius 3 is 2.84 bits per heavy atom. The van der Waals surface area contributed by atoms with E-state index in [-0.39, 0.29) is 6.03 Å². The van der Waals surface area contributed by atoms with Crippen LogP contribution < -0.4 is 10.6 Å². The van der Waals surface area contributed by atoms with Crippen molar-refractivity contribution in [1.29, 1.82) is 0 Å². The number of hydrogen-bond donors (Lipinski definition) is 2. The van der Waals surface area contributed by atoms with Gasteiger partial charge in [-0.15, -0.1) is 11.3 Å². The minimum Gasteiger partial charge on any atom is -0.382 e. The van der Waals surface area contributed by atoms with E-state index in [0.29, 0.717) is 19.7 Å². The highest BCUT2D eigenvalue weighted by molar-refractivity contribution is 7.14. The summed E-state index contributed by atoms with van der Waals surface area (Å²) in [7, 11) is 0. The molecule has 2 aromatic heterocycles. The van der Waals surface area contributed by atoms with Gasteiger partial charge in [-0.1, -0.05) is 0 Å². The summed E-state index contributed by atoms with van der Waals surface area (Å²) in [6, 6.07) is 3.98. The maximum atomic E-state index is 12.1. The van der Waals surface area contributed by atoms with Gasteiger partial charge in [0.2, 0.25) is 0 Å². The van der Waals surface area contributed by atoms with Gasteiger partial charge < -0.3 is 19.9 Å². The topological polar surface area (TPSA) is 55.3 Å². The summed E-state index contributed by atoms with van der Waals surface area (Å²) in [6.45, 7) is 4.60. The highest BCUT2D eigenvalue weighted by Crippen LogP contribution is 2.36. The van der Waals surface area contributed by atoms with E-state index in [0.717, 1.165) is 25.9 Å². The normalized spacial score (nSPS) is 13.5. The predicted molar refractivity (Wildman–Crippen MR) is 102 cm³/mol. The van der Waals surface area contributed by atoms with Crippen molar-refractivity contribution in [2.24, 2.45) is 0 Å². The summed E-state index contributed by atoms with van der Waals surface area (Å²) in [5.74, 6) is 0. The van der Waals surface area contributed by atoms with Crippen LogP contribution in [0.1, 0.15) is 42.2 Å². The Morgan fingerprint density at radius 1 is 1.24 bits per heavy atom. The van der Waals surface area contributed by atoms with Gasteiger partial charge in [-0.2, -0.15) is 0 Å². The molecule has 0 radical (unpaired) electrons.